The number of nitrogens with zero attached hydrogens (tertiary/aromatic N) is 3. The van der Waals surface area contributed by atoms with Gasteiger partial charge in [0.1, 0.15) is 0 Å². The second-order valence-electron chi connectivity index (χ2n) is 4.30. The molecule has 1 rings (SSSR count). The van der Waals surface area contributed by atoms with Gasteiger partial charge < -0.3 is 0 Å². The summed E-state index contributed by atoms with van der Waals surface area (Å²) in [5, 5.41) is 7.56. The molecule has 0 saturated carbocycles. The first-order chi connectivity index (χ1) is 7.42. The number of hydrazine groups is 1. The number of amides is 1. The maximum absolute atomic E-state index is 11.1. The molecule has 6 nitrogen and oxygen atoms in total. The number of nitrogen functional groups attached to an aromatic ring is 1. The highest BCUT2D eigenvalue weighted by molar-refractivity contribution is 8.00. The van der Waals surface area contributed by atoms with Gasteiger partial charge >= 0.3 is 0 Å². The molecule has 0 bridgehead atoms. The molecule has 0 aliphatic rings. The summed E-state index contributed by atoms with van der Waals surface area (Å²) in [6, 6.07) is 0. The maximum atomic E-state index is 11.1. The van der Waals surface area contributed by atoms with Crippen LogP contribution in [0.3, 0.4) is 0 Å². The summed E-state index contributed by atoms with van der Waals surface area (Å²) in [5.74, 6) is 5.50. The number of aryl methyl sites for hydroxylation is 1. The Morgan fingerprint density at radius 1 is 1.62 bits per heavy atom. The Morgan fingerprint density at radius 2 is 2.31 bits per heavy atom. The summed E-state index contributed by atoms with van der Waals surface area (Å²) < 4.78 is 1.88. The number of carbonyl (C=O) groups excluding carboxylic acids is 1. The van der Waals surface area contributed by atoms with Crippen LogP contribution in [0.1, 0.15) is 31.3 Å². The third-order valence-corrected chi connectivity index (χ3v) is 3.01. The lowest BCUT2D eigenvalue weighted by Gasteiger charge is -2.16. The van der Waals surface area contributed by atoms with Crippen molar-refractivity contribution in [1.29, 1.82) is 0 Å². The lowest BCUT2D eigenvalue weighted by Crippen LogP contribution is -2.30. The van der Waals surface area contributed by atoms with E-state index in [2.05, 4.69) is 31.1 Å². The van der Waals surface area contributed by atoms with E-state index in [9.17, 15) is 4.79 Å². The van der Waals surface area contributed by atoms with Crippen LogP contribution in [-0.4, -0.2) is 31.4 Å². The van der Waals surface area contributed by atoms with Crippen molar-refractivity contribution >= 4 is 17.7 Å². The molecule has 0 aliphatic carbocycles. The van der Waals surface area contributed by atoms with Gasteiger partial charge in [-0.05, 0) is 0 Å². The Labute approximate surface area is 98.9 Å². The van der Waals surface area contributed by atoms with E-state index in [-0.39, 0.29) is 10.4 Å². The number of hydrogen-bond donors (Lipinski definition) is 2. The van der Waals surface area contributed by atoms with Gasteiger partial charge in [-0.25, -0.2) is 5.84 Å². The molecule has 0 fully saturated rings. The fourth-order valence-corrected chi connectivity index (χ4v) is 1.92. The Kier molecular flexibility index (Phi) is 4.31. The van der Waals surface area contributed by atoms with Crippen LogP contribution in [0.5, 0.6) is 0 Å². The quantitative estimate of drug-likeness (QED) is 0.454. The Bertz CT molecular complexity index is 357. The van der Waals surface area contributed by atoms with Crippen molar-refractivity contribution < 1.29 is 4.79 Å². The molecule has 0 aromatic carbocycles. The van der Waals surface area contributed by atoms with Crippen molar-refractivity contribution in [3.8, 4) is 0 Å². The van der Waals surface area contributed by atoms with Gasteiger partial charge in [0.05, 0.1) is 12.7 Å². The SMILES string of the molecule is CC(C)(C)SCCn1cc(C(=O)NN)nn1. The van der Waals surface area contributed by atoms with Crippen LogP contribution in [0.15, 0.2) is 6.20 Å². The van der Waals surface area contributed by atoms with Gasteiger partial charge in [-0.15, -0.1) is 5.10 Å². The fraction of sp³-hybridized carbons (Fsp3) is 0.667. The van der Waals surface area contributed by atoms with Crippen molar-refractivity contribution in [3.05, 3.63) is 11.9 Å². The monoisotopic (exact) mass is 243 g/mol. The number of aromatic nitrogens is 3. The lowest BCUT2D eigenvalue weighted by atomic mass is 10.3. The van der Waals surface area contributed by atoms with Crippen LogP contribution in [-0.2, 0) is 6.54 Å². The zero-order valence-corrected chi connectivity index (χ0v) is 10.5. The molecule has 16 heavy (non-hydrogen) atoms. The minimum absolute atomic E-state index is 0.234. The predicted molar refractivity (Wildman–Crippen MR) is 63.9 cm³/mol. The van der Waals surface area contributed by atoms with Gasteiger partial charge in [-0.3, -0.25) is 14.9 Å². The van der Waals surface area contributed by atoms with E-state index in [0.717, 1.165) is 12.3 Å². The van der Waals surface area contributed by atoms with Gasteiger partial charge in [0.25, 0.3) is 5.91 Å². The zero-order chi connectivity index (χ0) is 12.2. The first kappa shape index (κ1) is 13.0. The van der Waals surface area contributed by atoms with Gasteiger partial charge in [-0.1, -0.05) is 26.0 Å². The molecule has 0 saturated heterocycles. The maximum Gasteiger partial charge on any atom is 0.287 e. The van der Waals surface area contributed by atoms with Gasteiger partial charge in [0, 0.05) is 10.5 Å². The number of carbonyl (C=O) groups is 1. The molecule has 7 heteroatoms. The molecule has 0 radical (unpaired) electrons. The van der Waals surface area contributed by atoms with Crippen LogP contribution in [0.25, 0.3) is 0 Å². The molecule has 0 spiro atoms. The average Bonchev–Trinajstić information content (AvgIpc) is 2.63. The van der Waals surface area contributed by atoms with E-state index in [1.807, 2.05) is 17.2 Å². The van der Waals surface area contributed by atoms with E-state index in [0.29, 0.717) is 0 Å². The van der Waals surface area contributed by atoms with Crippen molar-refractivity contribution in [2.24, 2.45) is 5.84 Å². The van der Waals surface area contributed by atoms with Crippen LogP contribution in [0, 0.1) is 0 Å². The average molecular weight is 243 g/mol. The summed E-state index contributed by atoms with van der Waals surface area (Å²) in [4.78, 5) is 11.1. The summed E-state index contributed by atoms with van der Waals surface area (Å²) in [5.41, 5.74) is 2.25. The van der Waals surface area contributed by atoms with Crippen LogP contribution in [0.4, 0.5) is 0 Å². The van der Waals surface area contributed by atoms with Crippen molar-refractivity contribution in [2.45, 2.75) is 32.1 Å². The molecule has 1 heterocycles. The molecule has 1 amide bonds. The van der Waals surface area contributed by atoms with E-state index >= 15 is 0 Å². The molecule has 1 aromatic rings. The highest BCUT2D eigenvalue weighted by Crippen LogP contribution is 2.22. The first-order valence-corrected chi connectivity index (χ1v) is 5.96. The molecular formula is C9H17N5OS. The zero-order valence-electron chi connectivity index (χ0n) is 9.73. The molecule has 0 atom stereocenters. The predicted octanol–water partition coefficient (Wildman–Crippen LogP) is 0.413. The van der Waals surface area contributed by atoms with Crippen LogP contribution in [0.2, 0.25) is 0 Å². The highest BCUT2D eigenvalue weighted by atomic mass is 32.2. The number of thioether (sulfide) groups is 1. The Hall–Kier alpha value is -1.08. The van der Waals surface area contributed by atoms with E-state index in [4.69, 9.17) is 5.84 Å². The number of nitrogens with two attached hydrogens (primary N) is 1. The highest BCUT2D eigenvalue weighted by Gasteiger charge is 2.11. The van der Waals surface area contributed by atoms with E-state index in [1.165, 1.54) is 0 Å². The van der Waals surface area contributed by atoms with E-state index < -0.39 is 5.91 Å². The summed E-state index contributed by atoms with van der Waals surface area (Å²) in [6.45, 7) is 7.21. The van der Waals surface area contributed by atoms with Crippen molar-refractivity contribution in [1.82, 2.24) is 20.4 Å². The fourth-order valence-electron chi connectivity index (χ4n) is 1.03. The molecule has 1 aromatic heterocycles. The van der Waals surface area contributed by atoms with Gasteiger partial charge in [0.15, 0.2) is 5.69 Å². The largest absolute Gasteiger partial charge is 0.289 e. The minimum Gasteiger partial charge on any atom is -0.289 e. The number of nitrogens with one attached hydrogen (secondary N) is 1. The second kappa shape index (κ2) is 5.31. The first-order valence-electron chi connectivity index (χ1n) is 4.97. The lowest BCUT2D eigenvalue weighted by molar-refractivity contribution is 0.0948. The van der Waals surface area contributed by atoms with Crippen molar-refractivity contribution in [3.63, 3.8) is 0 Å². The number of rotatable bonds is 4. The third-order valence-electron chi connectivity index (χ3n) is 1.76. The molecule has 90 valence electrons. The smallest absolute Gasteiger partial charge is 0.287 e. The minimum atomic E-state index is -0.422. The molecular weight excluding hydrogens is 226 g/mol. The molecule has 0 unspecified atom stereocenters. The Morgan fingerprint density at radius 3 is 2.88 bits per heavy atom. The normalized spacial score (nSPS) is 11.5. The van der Waals surface area contributed by atoms with Gasteiger partial charge in [0.2, 0.25) is 0 Å². The summed E-state index contributed by atoms with van der Waals surface area (Å²) >= 11 is 1.84. The van der Waals surface area contributed by atoms with Crippen LogP contribution >= 0.6 is 11.8 Å². The second-order valence-corrected chi connectivity index (χ2v) is 6.22. The van der Waals surface area contributed by atoms with Crippen molar-refractivity contribution in [2.75, 3.05) is 5.75 Å². The molecule has 0 aliphatic heterocycles. The standard InChI is InChI=1S/C9H17N5OS/c1-9(2,3)16-5-4-14-6-7(12-13-14)8(15)11-10/h6H,4-5,10H2,1-3H3,(H,11,15). The third kappa shape index (κ3) is 4.19. The van der Waals surface area contributed by atoms with E-state index in [1.54, 1.807) is 10.9 Å². The summed E-state index contributed by atoms with van der Waals surface area (Å²) in [7, 11) is 0. The summed E-state index contributed by atoms with van der Waals surface area (Å²) in [6.07, 6.45) is 1.59. The molecule has 3 N–H and O–H groups in total. The Balaban J connectivity index is 2.44. The number of hydrogen-bond acceptors (Lipinski definition) is 5. The topological polar surface area (TPSA) is 85.8 Å². The van der Waals surface area contributed by atoms with Crippen LogP contribution < -0.4 is 11.3 Å². The van der Waals surface area contributed by atoms with Gasteiger partial charge in [-0.2, -0.15) is 11.8 Å².